The molecule has 0 atom stereocenters. The average molecular weight is 223 g/mol. The lowest BCUT2D eigenvalue weighted by molar-refractivity contribution is -0.0201. The van der Waals surface area contributed by atoms with E-state index in [0.29, 0.717) is 6.42 Å². The Morgan fingerprint density at radius 1 is 1.44 bits per heavy atom. The minimum Gasteiger partial charge on any atom is -0.389 e. The number of aromatic nitrogens is 2. The van der Waals surface area contributed by atoms with Crippen molar-refractivity contribution in [2.45, 2.75) is 31.8 Å². The van der Waals surface area contributed by atoms with Crippen LogP contribution in [0, 0.1) is 0 Å². The highest BCUT2D eigenvalue weighted by Gasteiger charge is 2.32. The van der Waals surface area contributed by atoms with Crippen molar-refractivity contribution in [1.29, 1.82) is 0 Å². The van der Waals surface area contributed by atoms with Gasteiger partial charge in [-0.1, -0.05) is 6.92 Å². The molecule has 1 aliphatic heterocycles. The van der Waals surface area contributed by atoms with Crippen LogP contribution in [0.25, 0.3) is 0 Å². The maximum atomic E-state index is 10.5. The van der Waals surface area contributed by atoms with Crippen LogP contribution in [-0.2, 0) is 13.5 Å². The van der Waals surface area contributed by atoms with Gasteiger partial charge in [-0.25, -0.2) is 0 Å². The summed E-state index contributed by atoms with van der Waals surface area (Å²) >= 11 is 0. The van der Waals surface area contributed by atoms with Crippen LogP contribution in [0.4, 0.5) is 0 Å². The van der Waals surface area contributed by atoms with Crippen LogP contribution in [-0.4, -0.2) is 45.0 Å². The van der Waals surface area contributed by atoms with Gasteiger partial charge < -0.3 is 10.0 Å². The van der Waals surface area contributed by atoms with Crippen molar-refractivity contribution in [1.82, 2.24) is 14.7 Å². The quantitative estimate of drug-likeness (QED) is 0.824. The molecular formula is C12H21N3O. The van der Waals surface area contributed by atoms with Gasteiger partial charge in [0.15, 0.2) is 0 Å². The summed E-state index contributed by atoms with van der Waals surface area (Å²) in [5.74, 6) is 0. The van der Waals surface area contributed by atoms with Crippen molar-refractivity contribution in [2.24, 2.45) is 7.05 Å². The van der Waals surface area contributed by atoms with E-state index in [-0.39, 0.29) is 0 Å². The van der Waals surface area contributed by atoms with Crippen molar-refractivity contribution in [3.05, 3.63) is 18.0 Å². The predicted molar refractivity (Wildman–Crippen MR) is 63.2 cm³/mol. The van der Waals surface area contributed by atoms with Crippen molar-refractivity contribution >= 4 is 0 Å². The summed E-state index contributed by atoms with van der Waals surface area (Å²) in [7, 11) is 1.91. The zero-order valence-electron chi connectivity index (χ0n) is 10.2. The summed E-state index contributed by atoms with van der Waals surface area (Å²) in [6, 6.07) is 1.99. The lowest BCUT2D eigenvalue weighted by atomic mass is 9.87. The van der Waals surface area contributed by atoms with Gasteiger partial charge in [0.05, 0.1) is 11.3 Å². The summed E-state index contributed by atoms with van der Waals surface area (Å²) < 4.78 is 1.79. The van der Waals surface area contributed by atoms with Gasteiger partial charge in [0.25, 0.3) is 0 Å². The third-order valence-electron chi connectivity index (χ3n) is 3.51. The third-order valence-corrected chi connectivity index (χ3v) is 3.51. The fraction of sp³-hybridized carbons (Fsp3) is 0.750. The van der Waals surface area contributed by atoms with Crippen molar-refractivity contribution in [3.63, 3.8) is 0 Å². The smallest absolute Gasteiger partial charge is 0.0728 e. The molecule has 0 saturated carbocycles. The SMILES string of the molecule is CCN1CCC(O)(Cc2ccn(C)n2)CC1. The van der Waals surface area contributed by atoms with Gasteiger partial charge in [-0.15, -0.1) is 0 Å². The summed E-state index contributed by atoms with van der Waals surface area (Å²) in [5.41, 5.74) is 0.454. The normalized spacial score (nSPS) is 21.2. The van der Waals surface area contributed by atoms with Crippen LogP contribution < -0.4 is 0 Å². The van der Waals surface area contributed by atoms with Crippen molar-refractivity contribution < 1.29 is 5.11 Å². The molecule has 2 rings (SSSR count). The number of hydrogen-bond donors (Lipinski definition) is 1. The Morgan fingerprint density at radius 2 is 2.12 bits per heavy atom. The molecule has 1 aromatic rings. The fourth-order valence-electron chi connectivity index (χ4n) is 2.36. The summed E-state index contributed by atoms with van der Waals surface area (Å²) in [6.45, 7) is 5.25. The summed E-state index contributed by atoms with van der Waals surface area (Å²) in [5, 5.41) is 14.8. The number of piperidine rings is 1. The van der Waals surface area contributed by atoms with Crippen molar-refractivity contribution in [3.8, 4) is 0 Å². The Bertz CT molecular complexity index is 340. The Hall–Kier alpha value is -0.870. The van der Waals surface area contributed by atoms with Gasteiger partial charge in [-0.05, 0) is 25.5 Å². The number of hydrogen-bond acceptors (Lipinski definition) is 3. The minimum atomic E-state index is -0.542. The molecule has 0 unspecified atom stereocenters. The molecule has 1 N–H and O–H groups in total. The van der Waals surface area contributed by atoms with E-state index in [1.165, 1.54) is 0 Å². The number of aryl methyl sites for hydroxylation is 1. The minimum absolute atomic E-state index is 0.542. The fourth-order valence-corrected chi connectivity index (χ4v) is 2.36. The van der Waals surface area contributed by atoms with Crippen LogP contribution in [0.2, 0.25) is 0 Å². The molecule has 0 bridgehead atoms. The van der Waals surface area contributed by atoms with Crippen LogP contribution in [0.3, 0.4) is 0 Å². The second kappa shape index (κ2) is 4.55. The molecule has 1 aliphatic rings. The number of rotatable bonds is 3. The third kappa shape index (κ3) is 2.62. The molecule has 1 saturated heterocycles. The zero-order valence-corrected chi connectivity index (χ0v) is 10.2. The van der Waals surface area contributed by atoms with E-state index in [9.17, 15) is 5.11 Å². The van der Waals surface area contributed by atoms with E-state index < -0.39 is 5.60 Å². The maximum Gasteiger partial charge on any atom is 0.0728 e. The molecule has 0 amide bonds. The van der Waals surface area contributed by atoms with Gasteiger partial charge in [0, 0.05) is 32.8 Å². The Balaban J connectivity index is 1.94. The lowest BCUT2D eigenvalue weighted by Gasteiger charge is -2.37. The first kappa shape index (κ1) is 11.6. The zero-order chi connectivity index (χ0) is 11.6. The molecule has 4 heteroatoms. The molecule has 1 aromatic heterocycles. The van der Waals surface area contributed by atoms with Gasteiger partial charge in [-0.3, -0.25) is 4.68 Å². The highest BCUT2D eigenvalue weighted by atomic mass is 16.3. The lowest BCUT2D eigenvalue weighted by Crippen LogP contribution is -2.45. The van der Waals surface area contributed by atoms with E-state index in [4.69, 9.17) is 0 Å². The number of likely N-dealkylation sites (tertiary alicyclic amines) is 1. The van der Waals surface area contributed by atoms with Crippen LogP contribution in [0.15, 0.2) is 12.3 Å². The topological polar surface area (TPSA) is 41.3 Å². The standard InChI is InChI=1S/C12H21N3O/c1-3-15-8-5-12(16,6-9-15)10-11-4-7-14(2)13-11/h4,7,16H,3,5-6,8-10H2,1-2H3. The number of nitrogens with zero attached hydrogens (tertiary/aromatic N) is 3. The molecular weight excluding hydrogens is 202 g/mol. The van der Waals surface area contributed by atoms with E-state index in [1.54, 1.807) is 4.68 Å². The Kier molecular flexibility index (Phi) is 3.30. The van der Waals surface area contributed by atoms with Crippen LogP contribution in [0.5, 0.6) is 0 Å². The van der Waals surface area contributed by atoms with Crippen LogP contribution in [0.1, 0.15) is 25.5 Å². The molecule has 16 heavy (non-hydrogen) atoms. The van der Waals surface area contributed by atoms with E-state index in [2.05, 4.69) is 16.9 Å². The van der Waals surface area contributed by atoms with Gasteiger partial charge in [0.1, 0.15) is 0 Å². The monoisotopic (exact) mass is 223 g/mol. The molecule has 2 heterocycles. The summed E-state index contributed by atoms with van der Waals surface area (Å²) in [4.78, 5) is 2.38. The van der Waals surface area contributed by atoms with Gasteiger partial charge >= 0.3 is 0 Å². The second-order valence-corrected chi connectivity index (χ2v) is 4.82. The highest BCUT2D eigenvalue weighted by Crippen LogP contribution is 2.25. The van der Waals surface area contributed by atoms with Crippen molar-refractivity contribution in [2.75, 3.05) is 19.6 Å². The molecule has 0 aliphatic carbocycles. The second-order valence-electron chi connectivity index (χ2n) is 4.82. The average Bonchev–Trinajstić information content (AvgIpc) is 2.64. The van der Waals surface area contributed by atoms with E-state index in [1.807, 2.05) is 19.3 Å². The molecule has 4 nitrogen and oxygen atoms in total. The molecule has 90 valence electrons. The van der Waals surface area contributed by atoms with Crippen LogP contribution >= 0.6 is 0 Å². The van der Waals surface area contributed by atoms with Gasteiger partial charge in [0.2, 0.25) is 0 Å². The predicted octanol–water partition coefficient (Wildman–Crippen LogP) is 0.809. The summed E-state index contributed by atoms with van der Waals surface area (Å²) in [6.07, 6.45) is 4.33. The molecule has 0 radical (unpaired) electrons. The molecule has 1 fully saturated rings. The first-order valence-electron chi connectivity index (χ1n) is 6.04. The Morgan fingerprint density at radius 3 is 2.62 bits per heavy atom. The maximum absolute atomic E-state index is 10.5. The van der Waals surface area contributed by atoms with E-state index in [0.717, 1.165) is 38.2 Å². The Labute approximate surface area is 96.9 Å². The number of aliphatic hydroxyl groups is 1. The first-order valence-corrected chi connectivity index (χ1v) is 6.04. The van der Waals surface area contributed by atoms with E-state index >= 15 is 0 Å². The highest BCUT2D eigenvalue weighted by molar-refractivity contribution is 5.05. The molecule has 0 spiro atoms. The molecule has 0 aromatic carbocycles. The first-order chi connectivity index (χ1) is 7.61. The van der Waals surface area contributed by atoms with Gasteiger partial charge in [-0.2, -0.15) is 5.10 Å². The largest absolute Gasteiger partial charge is 0.389 e.